The number of rotatable bonds is 2. The van der Waals surface area contributed by atoms with Crippen molar-refractivity contribution in [1.82, 2.24) is 4.57 Å². The second-order valence-electron chi connectivity index (χ2n) is 5.05. The number of ether oxygens (including phenoxy) is 1. The molecule has 18 heavy (non-hydrogen) atoms. The van der Waals surface area contributed by atoms with Gasteiger partial charge in [0.1, 0.15) is 5.56 Å². The first kappa shape index (κ1) is 12.9. The summed E-state index contributed by atoms with van der Waals surface area (Å²) in [7, 11) is 1.29. The molecule has 2 atom stereocenters. The van der Waals surface area contributed by atoms with Gasteiger partial charge in [0.2, 0.25) is 0 Å². The Labute approximate surface area is 107 Å². The third kappa shape index (κ3) is 2.47. The summed E-state index contributed by atoms with van der Waals surface area (Å²) < 4.78 is 6.32. The van der Waals surface area contributed by atoms with E-state index >= 15 is 0 Å². The lowest BCUT2D eigenvalue weighted by molar-refractivity contribution is 0.0597. The van der Waals surface area contributed by atoms with E-state index in [1.807, 2.05) is 0 Å². The third-order valence-electron chi connectivity index (χ3n) is 3.68. The highest BCUT2D eigenvalue weighted by Crippen LogP contribution is 2.31. The Kier molecular flexibility index (Phi) is 3.84. The SMILES string of the molecule is COC(=O)c1cccn(C2CCC[C@H](C)C2)c1=O. The van der Waals surface area contributed by atoms with Crippen molar-refractivity contribution in [2.45, 2.75) is 38.6 Å². The van der Waals surface area contributed by atoms with Gasteiger partial charge in [-0.3, -0.25) is 4.79 Å². The molecule has 4 heteroatoms. The van der Waals surface area contributed by atoms with Crippen molar-refractivity contribution >= 4 is 5.97 Å². The van der Waals surface area contributed by atoms with E-state index in [1.165, 1.54) is 19.6 Å². The monoisotopic (exact) mass is 249 g/mol. The minimum Gasteiger partial charge on any atom is -0.465 e. The first-order valence-electron chi connectivity index (χ1n) is 6.43. The molecule has 98 valence electrons. The molecule has 0 N–H and O–H groups in total. The highest BCUT2D eigenvalue weighted by molar-refractivity contribution is 5.88. The van der Waals surface area contributed by atoms with Gasteiger partial charge in [0.25, 0.3) is 5.56 Å². The lowest BCUT2D eigenvalue weighted by atomic mass is 9.87. The summed E-state index contributed by atoms with van der Waals surface area (Å²) in [5, 5.41) is 0. The standard InChI is InChI=1S/C14H19NO3/c1-10-5-3-6-11(9-10)15-8-4-7-12(13(15)16)14(17)18-2/h4,7-8,10-11H,3,5-6,9H2,1-2H3/t10-,11?/m0/s1. The summed E-state index contributed by atoms with van der Waals surface area (Å²) in [5.74, 6) is 0.0793. The molecule has 1 unspecified atom stereocenters. The Bertz CT molecular complexity index is 492. The smallest absolute Gasteiger partial charge is 0.343 e. The van der Waals surface area contributed by atoms with Gasteiger partial charge >= 0.3 is 5.97 Å². The van der Waals surface area contributed by atoms with Gasteiger partial charge in [-0.25, -0.2) is 4.79 Å². The van der Waals surface area contributed by atoms with Crippen molar-refractivity contribution in [3.8, 4) is 0 Å². The Hall–Kier alpha value is -1.58. The second kappa shape index (κ2) is 5.38. The number of esters is 1. The number of hydrogen-bond acceptors (Lipinski definition) is 3. The summed E-state index contributed by atoms with van der Waals surface area (Å²) in [4.78, 5) is 23.7. The van der Waals surface area contributed by atoms with Gasteiger partial charge in [-0.05, 0) is 30.9 Å². The van der Waals surface area contributed by atoms with Crippen LogP contribution in [0.3, 0.4) is 0 Å². The molecule has 0 aromatic carbocycles. The average Bonchev–Trinajstić information content (AvgIpc) is 2.38. The Morgan fingerprint density at radius 3 is 2.89 bits per heavy atom. The van der Waals surface area contributed by atoms with Crippen LogP contribution in [0.5, 0.6) is 0 Å². The number of nitrogens with zero attached hydrogens (tertiary/aromatic N) is 1. The van der Waals surface area contributed by atoms with Gasteiger partial charge < -0.3 is 9.30 Å². The molecule has 0 radical (unpaired) electrons. The summed E-state index contributed by atoms with van der Waals surface area (Å²) >= 11 is 0. The van der Waals surface area contributed by atoms with E-state index < -0.39 is 5.97 Å². The number of carbonyl (C=O) groups is 1. The summed E-state index contributed by atoms with van der Waals surface area (Å²) in [5.41, 5.74) is -0.110. The van der Waals surface area contributed by atoms with Crippen LogP contribution in [0.2, 0.25) is 0 Å². The van der Waals surface area contributed by atoms with Crippen molar-refractivity contribution in [1.29, 1.82) is 0 Å². The maximum Gasteiger partial charge on any atom is 0.343 e. The molecule has 1 saturated carbocycles. The van der Waals surface area contributed by atoms with Crippen LogP contribution < -0.4 is 5.56 Å². The lowest BCUT2D eigenvalue weighted by Crippen LogP contribution is -2.31. The number of methoxy groups -OCH3 is 1. The normalized spacial score (nSPS) is 23.7. The molecule has 0 amide bonds. The Morgan fingerprint density at radius 2 is 2.22 bits per heavy atom. The molecule has 1 aliphatic carbocycles. The molecule has 0 spiro atoms. The van der Waals surface area contributed by atoms with Crippen molar-refractivity contribution in [3.63, 3.8) is 0 Å². The van der Waals surface area contributed by atoms with Gasteiger partial charge in [-0.15, -0.1) is 0 Å². The van der Waals surface area contributed by atoms with Crippen LogP contribution in [0.4, 0.5) is 0 Å². The molecule has 1 aliphatic rings. The van der Waals surface area contributed by atoms with E-state index in [0.717, 1.165) is 19.3 Å². The molecule has 1 heterocycles. The second-order valence-corrected chi connectivity index (χ2v) is 5.05. The molecule has 4 nitrogen and oxygen atoms in total. The van der Waals surface area contributed by atoms with Gasteiger partial charge in [-0.1, -0.05) is 19.8 Å². The molecule has 1 aromatic rings. The zero-order valence-electron chi connectivity index (χ0n) is 10.9. The lowest BCUT2D eigenvalue weighted by Gasteiger charge is -2.28. The van der Waals surface area contributed by atoms with Gasteiger partial charge in [0, 0.05) is 12.2 Å². The van der Waals surface area contributed by atoms with Crippen LogP contribution in [0, 0.1) is 5.92 Å². The van der Waals surface area contributed by atoms with E-state index in [0.29, 0.717) is 5.92 Å². The maximum atomic E-state index is 12.2. The third-order valence-corrected chi connectivity index (χ3v) is 3.68. The van der Waals surface area contributed by atoms with Crippen LogP contribution >= 0.6 is 0 Å². The van der Waals surface area contributed by atoms with Crippen LogP contribution in [-0.2, 0) is 4.74 Å². The molecule has 0 aliphatic heterocycles. The fourth-order valence-electron chi connectivity index (χ4n) is 2.72. The average molecular weight is 249 g/mol. The summed E-state index contributed by atoms with van der Waals surface area (Å²) in [6.45, 7) is 2.21. The maximum absolute atomic E-state index is 12.2. The fraction of sp³-hybridized carbons (Fsp3) is 0.571. The van der Waals surface area contributed by atoms with Crippen LogP contribution in [0.25, 0.3) is 0 Å². The molecule has 2 rings (SSSR count). The quantitative estimate of drug-likeness (QED) is 0.756. The Balaban J connectivity index is 2.34. The van der Waals surface area contributed by atoms with Crippen LogP contribution in [-0.4, -0.2) is 17.6 Å². The zero-order chi connectivity index (χ0) is 13.1. The minimum atomic E-state index is -0.557. The highest BCUT2D eigenvalue weighted by Gasteiger charge is 2.22. The zero-order valence-corrected chi connectivity index (χ0v) is 10.9. The molecule has 1 fully saturated rings. The molecule has 0 bridgehead atoms. The van der Waals surface area contributed by atoms with Crippen LogP contribution in [0.15, 0.2) is 23.1 Å². The number of hydrogen-bond donors (Lipinski definition) is 0. The van der Waals surface area contributed by atoms with E-state index in [1.54, 1.807) is 16.8 Å². The van der Waals surface area contributed by atoms with E-state index in [9.17, 15) is 9.59 Å². The van der Waals surface area contributed by atoms with Crippen molar-refractivity contribution < 1.29 is 9.53 Å². The number of carbonyl (C=O) groups excluding carboxylic acids is 1. The predicted octanol–water partition coefficient (Wildman–Crippen LogP) is 2.39. The van der Waals surface area contributed by atoms with E-state index in [2.05, 4.69) is 11.7 Å². The fourth-order valence-corrected chi connectivity index (χ4v) is 2.72. The van der Waals surface area contributed by atoms with Gasteiger partial charge in [0.05, 0.1) is 7.11 Å². The minimum absolute atomic E-state index is 0.123. The molecule has 0 saturated heterocycles. The van der Waals surface area contributed by atoms with E-state index in [-0.39, 0.29) is 17.2 Å². The first-order chi connectivity index (χ1) is 8.63. The van der Waals surface area contributed by atoms with Gasteiger partial charge in [0.15, 0.2) is 0 Å². The number of pyridine rings is 1. The topological polar surface area (TPSA) is 48.3 Å². The Morgan fingerprint density at radius 1 is 1.44 bits per heavy atom. The van der Waals surface area contributed by atoms with Crippen molar-refractivity contribution in [2.24, 2.45) is 5.92 Å². The van der Waals surface area contributed by atoms with E-state index in [4.69, 9.17) is 0 Å². The van der Waals surface area contributed by atoms with Crippen molar-refractivity contribution in [3.05, 3.63) is 34.2 Å². The largest absolute Gasteiger partial charge is 0.465 e. The van der Waals surface area contributed by atoms with Gasteiger partial charge in [-0.2, -0.15) is 0 Å². The molecular weight excluding hydrogens is 230 g/mol. The van der Waals surface area contributed by atoms with Crippen molar-refractivity contribution in [2.75, 3.05) is 7.11 Å². The number of aromatic nitrogens is 1. The van der Waals surface area contributed by atoms with Crippen LogP contribution in [0.1, 0.15) is 49.0 Å². The summed E-state index contributed by atoms with van der Waals surface area (Å²) in [6, 6.07) is 3.48. The highest BCUT2D eigenvalue weighted by atomic mass is 16.5. The molecular formula is C14H19NO3. The first-order valence-corrected chi connectivity index (χ1v) is 6.43. The summed E-state index contributed by atoms with van der Waals surface area (Å²) in [6.07, 6.45) is 6.15. The molecule has 1 aromatic heterocycles. The predicted molar refractivity (Wildman–Crippen MR) is 68.7 cm³/mol.